The fourth-order valence-corrected chi connectivity index (χ4v) is 1.76. The third kappa shape index (κ3) is 3.26. The maximum Gasteiger partial charge on any atom is 0.271 e. The van der Waals surface area contributed by atoms with Crippen LogP contribution >= 0.6 is 0 Å². The summed E-state index contributed by atoms with van der Waals surface area (Å²) in [6.07, 6.45) is 0. The summed E-state index contributed by atoms with van der Waals surface area (Å²) in [5, 5.41) is 31.9. The summed E-state index contributed by atoms with van der Waals surface area (Å²) in [6.45, 7) is 1.70. The zero-order valence-electron chi connectivity index (χ0n) is 11.7. The largest absolute Gasteiger partial charge is 0.504 e. The lowest BCUT2D eigenvalue weighted by atomic mass is 10.1. The van der Waals surface area contributed by atoms with E-state index in [0.717, 1.165) is 17.7 Å². The molecule has 0 aromatic heterocycles. The highest BCUT2D eigenvalue weighted by Gasteiger charge is 2.13. The van der Waals surface area contributed by atoms with Gasteiger partial charge in [0.25, 0.3) is 5.91 Å². The predicted octanol–water partition coefficient (Wildman–Crippen LogP) is 1.54. The van der Waals surface area contributed by atoms with E-state index in [2.05, 4.69) is 10.5 Å². The first-order valence-electron chi connectivity index (χ1n) is 6.34. The van der Waals surface area contributed by atoms with Crippen LogP contribution in [-0.2, 0) is 0 Å². The van der Waals surface area contributed by atoms with Crippen molar-refractivity contribution in [3.63, 3.8) is 0 Å². The standard InChI is InChI=1S/C15H15N3O4/c1-8(9-3-2-4-11(16)5-9)17-18-15(22)10-6-12(19)14(21)13(20)7-10/h2-7,19-21H,16H2,1H3,(H,18,22)/b17-8+. The summed E-state index contributed by atoms with van der Waals surface area (Å²) in [5.74, 6) is -2.52. The Balaban J connectivity index is 2.17. The number of phenolic OH excluding ortho intramolecular Hbond substituents is 3. The predicted molar refractivity (Wildman–Crippen MR) is 82.0 cm³/mol. The number of hydrogen-bond acceptors (Lipinski definition) is 6. The molecule has 0 aliphatic carbocycles. The minimum absolute atomic E-state index is 0.0445. The van der Waals surface area contributed by atoms with E-state index >= 15 is 0 Å². The number of nitrogens with one attached hydrogen (secondary N) is 1. The Morgan fingerprint density at radius 3 is 2.32 bits per heavy atom. The fourth-order valence-electron chi connectivity index (χ4n) is 1.76. The van der Waals surface area contributed by atoms with Gasteiger partial charge in [0, 0.05) is 11.3 Å². The van der Waals surface area contributed by atoms with Gasteiger partial charge in [0.2, 0.25) is 0 Å². The van der Waals surface area contributed by atoms with Crippen LogP contribution < -0.4 is 11.2 Å². The van der Waals surface area contributed by atoms with Crippen molar-refractivity contribution < 1.29 is 20.1 Å². The van der Waals surface area contributed by atoms with Crippen LogP contribution in [0.3, 0.4) is 0 Å². The highest BCUT2D eigenvalue weighted by molar-refractivity contribution is 6.01. The zero-order chi connectivity index (χ0) is 16.3. The first-order chi connectivity index (χ1) is 10.4. The molecular weight excluding hydrogens is 286 g/mol. The third-order valence-electron chi connectivity index (χ3n) is 2.96. The van der Waals surface area contributed by atoms with Gasteiger partial charge in [-0.05, 0) is 36.8 Å². The highest BCUT2D eigenvalue weighted by atomic mass is 16.3. The number of carbonyl (C=O) groups excluding carboxylic acids is 1. The Morgan fingerprint density at radius 1 is 1.09 bits per heavy atom. The molecule has 0 saturated heterocycles. The number of benzene rings is 2. The molecule has 0 aliphatic heterocycles. The highest BCUT2D eigenvalue weighted by Crippen LogP contribution is 2.35. The van der Waals surface area contributed by atoms with Gasteiger partial charge in [0.05, 0.1) is 5.71 Å². The summed E-state index contributed by atoms with van der Waals surface area (Å²) in [7, 11) is 0. The molecule has 0 radical (unpaired) electrons. The molecule has 0 saturated carbocycles. The van der Waals surface area contributed by atoms with Crippen molar-refractivity contribution in [1.29, 1.82) is 0 Å². The number of aromatic hydroxyl groups is 3. The molecule has 0 heterocycles. The van der Waals surface area contributed by atoms with Crippen LogP contribution in [0.1, 0.15) is 22.8 Å². The van der Waals surface area contributed by atoms with E-state index in [1.54, 1.807) is 31.2 Å². The molecule has 6 N–H and O–H groups in total. The number of phenols is 3. The van der Waals surface area contributed by atoms with Gasteiger partial charge in [-0.1, -0.05) is 12.1 Å². The maximum atomic E-state index is 11.9. The summed E-state index contributed by atoms with van der Waals surface area (Å²) < 4.78 is 0. The Morgan fingerprint density at radius 2 is 1.73 bits per heavy atom. The van der Waals surface area contributed by atoms with Crippen LogP contribution in [-0.4, -0.2) is 26.9 Å². The quantitative estimate of drug-likeness (QED) is 0.254. The van der Waals surface area contributed by atoms with E-state index in [4.69, 9.17) is 5.73 Å². The fraction of sp³-hybridized carbons (Fsp3) is 0.0667. The molecule has 0 aliphatic rings. The molecular formula is C15H15N3O4. The monoisotopic (exact) mass is 301 g/mol. The van der Waals surface area contributed by atoms with Crippen molar-refractivity contribution in [2.45, 2.75) is 6.92 Å². The van der Waals surface area contributed by atoms with Gasteiger partial charge in [-0.25, -0.2) is 5.43 Å². The topological polar surface area (TPSA) is 128 Å². The lowest BCUT2D eigenvalue weighted by molar-refractivity contribution is 0.0954. The van der Waals surface area contributed by atoms with Crippen molar-refractivity contribution in [1.82, 2.24) is 5.43 Å². The summed E-state index contributed by atoms with van der Waals surface area (Å²) in [5.41, 5.74) is 9.78. The van der Waals surface area contributed by atoms with Gasteiger partial charge in [0.1, 0.15) is 0 Å². The van der Waals surface area contributed by atoms with Crippen molar-refractivity contribution >= 4 is 17.3 Å². The molecule has 2 rings (SSSR count). The molecule has 114 valence electrons. The average molecular weight is 301 g/mol. The van der Waals surface area contributed by atoms with Crippen LogP contribution in [0.25, 0.3) is 0 Å². The molecule has 0 unspecified atom stereocenters. The van der Waals surface area contributed by atoms with Gasteiger partial charge >= 0.3 is 0 Å². The number of nitrogens with zero attached hydrogens (tertiary/aromatic N) is 1. The molecule has 0 spiro atoms. The van der Waals surface area contributed by atoms with E-state index < -0.39 is 23.2 Å². The van der Waals surface area contributed by atoms with Crippen molar-refractivity contribution in [3.05, 3.63) is 47.5 Å². The van der Waals surface area contributed by atoms with E-state index in [9.17, 15) is 20.1 Å². The van der Waals surface area contributed by atoms with Crippen molar-refractivity contribution in [2.75, 3.05) is 5.73 Å². The summed E-state index contributed by atoms with van der Waals surface area (Å²) in [4.78, 5) is 11.9. The average Bonchev–Trinajstić information content (AvgIpc) is 2.49. The second kappa shape index (κ2) is 6.04. The first kappa shape index (κ1) is 15.2. The van der Waals surface area contributed by atoms with Gasteiger partial charge in [-0.15, -0.1) is 0 Å². The van der Waals surface area contributed by atoms with E-state index in [-0.39, 0.29) is 5.56 Å². The number of hydrazone groups is 1. The normalized spacial score (nSPS) is 11.2. The molecule has 2 aromatic rings. The van der Waals surface area contributed by atoms with E-state index in [0.29, 0.717) is 11.4 Å². The minimum atomic E-state index is -0.684. The van der Waals surface area contributed by atoms with Crippen molar-refractivity contribution in [2.24, 2.45) is 5.10 Å². The van der Waals surface area contributed by atoms with Crippen LogP contribution in [0, 0.1) is 0 Å². The zero-order valence-corrected chi connectivity index (χ0v) is 11.7. The van der Waals surface area contributed by atoms with Crippen LogP contribution in [0.15, 0.2) is 41.5 Å². The lowest BCUT2D eigenvalue weighted by Crippen LogP contribution is -2.19. The molecule has 22 heavy (non-hydrogen) atoms. The van der Waals surface area contributed by atoms with E-state index in [1.165, 1.54) is 0 Å². The number of nitrogen functional groups attached to an aromatic ring is 1. The number of amides is 1. The van der Waals surface area contributed by atoms with Crippen LogP contribution in [0.5, 0.6) is 17.2 Å². The summed E-state index contributed by atoms with van der Waals surface area (Å²) >= 11 is 0. The number of rotatable bonds is 3. The Bertz CT molecular complexity index is 733. The van der Waals surface area contributed by atoms with Gasteiger partial charge < -0.3 is 21.1 Å². The Hall–Kier alpha value is -3.22. The van der Waals surface area contributed by atoms with Crippen LogP contribution in [0.4, 0.5) is 5.69 Å². The number of anilines is 1. The van der Waals surface area contributed by atoms with Crippen LogP contribution in [0.2, 0.25) is 0 Å². The Kier molecular flexibility index (Phi) is 4.17. The summed E-state index contributed by atoms with van der Waals surface area (Å²) in [6, 6.07) is 9.05. The third-order valence-corrected chi connectivity index (χ3v) is 2.96. The van der Waals surface area contributed by atoms with Gasteiger partial charge in [-0.2, -0.15) is 5.10 Å². The molecule has 1 amide bonds. The molecule has 0 fully saturated rings. The van der Waals surface area contributed by atoms with Gasteiger partial charge in [0.15, 0.2) is 17.2 Å². The lowest BCUT2D eigenvalue weighted by Gasteiger charge is -2.06. The molecule has 0 bridgehead atoms. The molecule has 7 heteroatoms. The number of hydrogen-bond donors (Lipinski definition) is 5. The SMILES string of the molecule is C/C(=N\NC(=O)c1cc(O)c(O)c(O)c1)c1cccc(N)c1. The molecule has 0 atom stereocenters. The maximum absolute atomic E-state index is 11.9. The second-order valence-electron chi connectivity index (χ2n) is 4.63. The Labute approximate surface area is 126 Å². The number of carbonyl (C=O) groups is 1. The van der Waals surface area contributed by atoms with Crippen molar-refractivity contribution in [3.8, 4) is 17.2 Å². The molecule has 7 nitrogen and oxygen atoms in total. The second-order valence-corrected chi connectivity index (χ2v) is 4.63. The first-order valence-corrected chi connectivity index (χ1v) is 6.34. The smallest absolute Gasteiger partial charge is 0.271 e. The van der Waals surface area contributed by atoms with E-state index in [1.807, 2.05) is 0 Å². The number of nitrogens with two attached hydrogens (primary N) is 1. The van der Waals surface area contributed by atoms with Gasteiger partial charge in [-0.3, -0.25) is 4.79 Å². The molecule has 2 aromatic carbocycles. The minimum Gasteiger partial charge on any atom is -0.504 e.